The largest absolute Gasteiger partial charge is 0.494 e. The highest BCUT2D eigenvalue weighted by Crippen LogP contribution is 2.16. The molecule has 0 saturated carbocycles. The van der Waals surface area contributed by atoms with Gasteiger partial charge in [-0.15, -0.1) is 12.4 Å². The monoisotopic (exact) mass is 376 g/mol. The van der Waals surface area contributed by atoms with Gasteiger partial charge in [-0.1, -0.05) is 0 Å². The molecule has 1 aliphatic heterocycles. The van der Waals surface area contributed by atoms with Crippen LogP contribution in [0.25, 0.3) is 0 Å². The van der Waals surface area contributed by atoms with Crippen LogP contribution in [0.4, 0.5) is 0 Å². The lowest BCUT2D eigenvalue weighted by atomic mass is 10.1. The summed E-state index contributed by atoms with van der Waals surface area (Å²) in [6.07, 6.45) is 4.20. The third kappa shape index (κ3) is 7.07. The van der Waals surface area contributed by atoms with Crippen LogP contribution in [0.15, 0.2) is 29.2 Å². The van der Waals surface area contributed by atoms with Crippen molar-refractivity contribution in [3.63, 3.8) is 0 Å². The molecular formula is C16H25ClN2O4S. The number of rotatable bonds is 7. The maximum Gasteiger partial charge on any atom is 0.220 e. The van der Waals surface area contributed by atoms with E-state index in [1.54, 1.807) is 12.1 Å². The minimum atomic E-state index is -3.18. The summed E-state index contributed by atoms with van der Waals surface area (Å²) in [5, 5.41) is 6.30. The van der Waals surface area contributed by atoms with Crippen LogP contribution >= 0.6 is 12.4 Å². The molecule has 1 saturated heterocycles. The smallest absolute Gasteiger partial charge is 0.220 e. The Hall–Kier alpha value is -1.31. The normalized spacial score (nSPS) is 15.4. The number of amides is 1. The van der Waals surface area contributed by atoms with Crippen LogP contribution in [-0.2, 0) is 14.6 Å². The predicted molar refractivity (Wildman–Crippen MR) is 95.6 cm³/mol. The van der Waals surface area contributed by atoms with Gasteiger partial charge in [0.25, 0.3) is 0 Å². The highest BCUT2D eigenvalue weighted by molar-refractivity contribution is 7.90. The molecule has 2 N–H and O–H groups in total. The van der Waals surface area contributed by atoms with Crippen LogP contribution in [0.1, 0.15) is 25.7 Å². The molecule has 0 aromatic heterocycles. The zero-order chi connectivity index (χ0) is 16.7. The summed E-state index contributed by atoms with van der Waals surface area (Å²) < 4.78 is 28.2. The summed E-state index contributed by atoms with van der Waals surface area (Å²) >= 11 is 0. The minimum absolute atomic E-state index is 0. The van der Waals surface area contributed by atoms with Crippen LogP contribution in [0.3, 0.4) is 0 Å². The molecule has 6 nitrogen and oxygen atoms in total. The molecule has 2 rings (SSSR count). The fraction of sp³-hybridized carbons (Fsp3) is 0.562. The predicted octanol–water partition coefficient (Wildman–Crippen LogP) is 1.54. The van der Waals surface area contributed by atoms with Gasteiger partial charge in [0.15, 0.2) is 9.84 Å². The first-order valence-electron chi connectivity index (χ1n) is 7.88. The second-order valence-electron chi connectivity index (χ2n) is 5.79. The second-order valence-corrected chi connectivity index (χ2v) is 7.80. The number of hydrogen-bond donors (Lipinski definition) is 2. The van der Waals surface area contributed by atoms with Crippen molar-refractivity contribution < 1.29 is 17.9 Å². The SMILES string of the molecule is CS(=O)(=O)c1ccc(OCCCC(=O)NC2CCNCC2)cc1.Cl. The summed E-state index contributed by atoms with van der Waals surface area (Å²) in [4.78, 5) is 12.1. The lowest BCUT2D eigenvalue weighted by molar-refractivity contribution is -0.122. The van der Waals surface area contributed by atoms with E-state index in [1.165, 1.54) is 18.4 Å². The second kappa shape index (κ2) is 9.86. The Kier molecular flexibility index (Phi) is 8.52. The van der Waals surface area contributed by atoms with Crippen LogP contribution < -0.4 is 15.4 Å². The van der Waals surface area contributed by atoms with Gasteiger partial charge < -0.3 is 15.4 Å². The lowest BCUT2D eigenvalue weighted by Gasteiger charge is -2.23. The van der Waals surface area contributed by atoms with Gasteiger partial charge >= 0.3 is 0 Å². The maximum atomic E-state index is 11.8. The minimum Gasteiger partial charge on any atom is -0.494 e. The molecule has 0 atom stereocenters. The topological polar surface area (TPSA) is 84.5 Å². The number of benzene rings is 1. The Morgan fingerprint density at radius 2 is 1.88 bits per heavy atom. The van der Waals surface area contributed by atoms with Gasteiger partial charge in [-0.05, 0) is 56.6 Å². The zero-order valence-corrected chi connectivity index (χ0v) is 15.4. The molecule has 0 unspecified atom stereocenters. The number of piperidine rings is 1. The fourth-order valence-electron chi connectivity index (χ4n) is 2.47. The molecule has 136 valence electrons. The van der Waals surface area contributed by atoms with E-state index in [1.807, 2.05) is 0 Å². The molecule has 1 aromatic rings. The van der Waals surface area contributed by atoms with Crippen molar-refractivity contribution in [2.45, 2.75) is 36.6 Å². The molecule has 1 fully saturated rings. The number of halogens is 1. The van der Waals surface area contributed by atoms with Crippen molar-refractivity contribution in [2.75, 3.05) is 26.0 Å². The number of hydrogen-bond acceptors (Lipinski definition) is 5. The molecule has 1 aromatic carbocycles. The Balaban J connectivity index is 0.00000288. The van der Waals surface area contributed by atoms with Gasteiger partial charge in [-0.3, -0.25) is 4.79 Å². The summed E-state index contributed by atoms with van der Waals surface area (Å²) in [5.74, 6) is 0.670. The maximum absolute atomic E-state index is 11.8. The summed E-state index contributed by atoms with van der Waals surface area (Å²) in [6, 6.07) is 6.59. The van der Waals surface area contributed by atoms with E-state index in [-0.39, 0.29) is 29.3 Å². The molecule has 0 aliphatic carbocycles. The summed E-state index contributed by atoms with van der Waals surface area (Å²) in [5.41, 5.74) is 0. The van der Waals surface area contributed by atoms with E-state index in [2.05, 4.69) is 10.6 Å². The van der Waals surface area contributed by atoms with Crippen molar-refractivity contribution >= 4 is 28.2 Å². The Labute approximate surface area is 149 Å². The van der Waals surface area contributed by atoms with Gasteiger partial charge in [0.05, 0.1) is 11.5 Å². The zero-order valence-electron chi connectivity index (χ0n) is 13.8. The van der Waals surface area contributed by atoms with Gasteiger partial charge in [-0.25, -0.2) is 8.42 Å². The number of carbonyl (C=O) groups excluding carboxylic acids is 1. The first-order valence-corrected chi connectivity index (χ1v) is 9.77. The molecule has 24 heavy (non-hydrogen) atoms. The van der Waals surface area contributed by atoms with Gasteiger partial charge in [-0.2, -0.15) is 0 Å². The van der Waals surface area contributed by atoms with Crippen molar-refractivity contribution in [2.24, 2.45) is 0 Å². The standard InChI is InChI=1S/C16H24N2O4S.ClH/c1-23(20,21)15-6-4-14(5-7-15)22-12-2-3-16(19)18-13-8-10-17-11-9-13;/h4-7,13,17H,2-3,8-12H2,1H3,(H,18,19);1H. The quantitative estimate of drug-likeness (QED) is 0.705. The van der Waals surface area contributed by atoms with E-state index in [0.29, 0.717) is 25.2 Å². The van der Waals surface area contributed by atoms with Crippen molar-refractivity contribution in [3.05, 3.63) is 24.3 Å². The van der Waals surface area contributed by atoms with Crippen LogP contribution in [0.5, 0.6) is 5.75 Å². The summed E-state index contributed by atoms with van der Waals surface area (Å²) in [6.45, 7) is 2.34. The number of carbonyl (C=O) groups is 1. The van der Waals surface area contributed by atoms with Crippen LogP contribution in [-0.4, -0.2) is 46.3 Å². The molecular weight excluding hydrogens is 352 g/mol. The van der Waals surface area contributed by atoms with Crippen LogP contribution in [0.2, 0.25) is 0 Å². The third-order valence-electron chi connectivity index (χ3n) is 3.77. The Morgan fingerprint density at radius 1 is 1.25 bits per heavy atom. The summed E-state index contributed by atoms with van der Waals surface area (Å²) in [7, 11) is -3.18. The van der Waals surface area contributed by atoms with E-state index in [0.717, 1.165) is 25.9 Å². The van der Waals surface area contributed by atoms with Gasteiger partial charge in [0, 0.05) is 18.7 Å². The molecule has 8 heteroatoms. The first kappa shape index (κ1) is 20.7. The van der Waals surface area contributed by atoms with E-state index in [4.69, 9.17) is 4.74 Å². The lowest BCUT2D eigenvalue weighted by Crippen LogP contribution is -2.42. The van der Waals surface area contributed by atoms with Gasteiger partial charge in [0.1, 0.15) is 5.75 Å². The highest BCUT2D eigenvalue weighted by atomic mass is 35.5. The highest BCUT2D eigenvalue weighted by Gasteiger charge is 2.14. The first-order chi connectivity index (χ1) is 10.9. The number of ether oxygens (including phenoxy) is 1. The van der Waals surface area contributed by atoms with E-state index in [9.17, 15) is 13.2 Å². The number of nitrogens with one attached hydrogen (secondary N) is 2. The molecule has 0 radical (unpaired) electrons. The van der Waals surface area contributed by atoms with E-state index >= 15 is 0 Å². The molecule has 0 bridgehead atoms. The Bertz CT molecular complexity index is 613. The average Bonchev–Trinajstić information content (AvgIpc) is 2.52. The third-order valence-corrected chi connectivity index (χ3v) is 4.90. The van der Waals surface area contributed by atoms with Crippen molar-refractivity contribution in [3.8, 4) is 5.75 Å². The van der Waals surface area contributed by atoms with E-state index < -0.39 is 9.84 Å². The Morgan fingerprint density at radius 3 is 2.46 bits per heavy atom. The molecule has 1 amide bonds. The molecule has 0 spiro atoms. The fourth-order valence-corrected chi connectivity index (χ4v) is 3.10. The van der Waals surface area contributed by atoms with Crippen molar-refractivity contribution in [1.82, 2.24) is 10.6 Å². The van der Waals surface area contributed by atoms with Crippen LogP contribution in [0, 0.1) is 0 Å². The van der Waals surface area contributed by atoms with Gasteiger partial charge in [0.2, 0.25) is 5.91 Å². The molecule has 1 aliphatic rings. The molecule has 1 heterocycles. The van der Waals surface area contributed by atoms with Crippen molar-refractivity contribution in [1.29, 1.82) is 0 Å². The average molecular weight is 377 g/mol. The number of sulfone groups is 1.